The molecule has 56 valence electrons. The third kappa shape index (κ3) is 1.73. The Morgan fingerprint density at radius 2 is 2.60 bits per heavy atom. The van der Waals surface area contributed by atoms with Crippen molar-refractivity contribution in [2.45, 2.75) is 6.92 Å². The van der Waals surface area contributed by atoms with E-state index in [1.165, 1.54) is 0 Å². The van der Waals surface area contributed by atoms with E-state index in [0.717, 1.165) is 17.3 Å². The van der Waals surface area contributed by atoms with Crippen molar-refractivity contribution in [1.82, 2.24) is 0 Å². The minimum absolute atomic E-state index is 0.152. The number of hydrogen-bond donors (Lipinski definition) is 1. The van der Waals surface area contributed by atoms with Crippen molar-refractivity contribution in [1.29, 1.82) is 0 Å². The molecule has 0 spiro atoms. The minimum Gasteiger partial charge on any atom is -0.477 e. The summed E-state index contributed by atoms with van der Waals surface area (Å²) in [6.45, 7) is 2.99. The summed E-state index contributed by atoms with van der Waals surface area (Å²) in [6, 6.07) is 0. The van der Waals surface area contributed by atoms with Crippen LogP contribution in [0.1, 0.15) is 6.92 Å². The summed E-state index contributed by atoms with van der Waals surface area (Å²) in [7, 11) is 0. The van der Waals surface area contributed by atoms with Gasteiger partial charge >= 0.3 is 5.97 Å². The first-order valence-electron chi connectivity index (χ1n) is 3.13. The molecule has 0 bridgehead atoms. The Hall–Kier alpha value is -0.510. The summed E-state index contributed by atoms with van der Waals surface area (Å²) >= 11 is 1.73. The maximum absolute atomic E-state index is 10.2. The molecule has 0 saturated carbocycles. The molecule has 0 atom stereocenters. The van der Waals surface area contributed by atoms with Crippen molar-refractivity contribution in [2.75, 3.05) is 18.8 Å². The van der Waals surface area contributed by atoms with Crippen molar-refractivity contribution in [3.05, 3.63) is 0 Å². The van der Waals surface area contributed by atoms with E-state index in [4.69, 9.17) is 5.11 Å². The lowest BCUT2D eigenvalue weighted by Gasteiger charge is -1.91. The van der Waals surface area contributed by atoms with E-state index >= 15 is 0 Å². The molecule has 1 rings (SSSR count). The summed E-state index contributed by atoms with van der Waals surface area (Å²) in [4.78, 5) is 10.2. The lowest BCUT2D eigenvalue weighted by molar-refractivity contribution is -0.508. The SMILES string of the molecule is CC1=[N+](CC(=O)O)CCS1. The fourth-order valence-corrected chi connectivity index (χ4v) is 1.85. The Kier molecular flexibility index (Phi) is 2.32. The van der Waals surface area contributed by atoms with Crippen molar-refractivity contribution >= 4 is 22.8 Å². The highest BCUT2D eigenvalue weighted by molar-refractivity contribution is 8.13. The number of thioether (sulfide) groups is 1. The Balaban J connectivity index is 2.54. The largest absolute Gasteiger partial charge is 0.477 e. The molecule has 0 amide bonds. The molecule has 0 aromatic carbocycles. The average Bonchev–Trinajstić information content (AvgIpc) is 2.15. The predicted molar refractivity (Wildman–Crippen MR) is 40.8 cm³/mol. The lowest BCUT2D eigenvalue weighted by atomic mass is 10.5. The monoisotopic (exact) mass is 160 g/mol. The number of nitrogens with zero attached hydrogens (tertiary/aromatic N) is 1. The first-order valence-corrected chi connectivity index (χ1v) is 4.12. The number of aliphatic carboxylic acids is 1. The Morgan fingerprint density at radius 1 is 1.90 bits per heavy atom. The van der Waals surface area contributed by atoms with Crippen LogP contribution in [0.3, 0.4) is 0 Å². The van der Waals surface area contributed by atoms with Crippen molar-refractivity contribution in [3.63, 3.8) is 0 Å². The van der Waals surface area contributed by atoms with Gasteiger partial charge in [-0.05, 0) is 0 Å². The lowest BCUT2D eigenvalue weighted by Crippen LogP contribution is -2.21. The third-order valence-electron chi connectivity index (χ3n) is 1.44. The van der Waals surface area contributed by atoms with Crippen LogP contribution in [0.15, 0.2) is 0 Å². The summed E-state index contributed by atoms with van der Waals surface area (Å²) in [5.74, 6) is 0.279. The molecule has 0 saturated heterocycles. The van der Waals surface area contributed by atoms with Crippen LogP contribution in [-0.2, 0) is 4.79 Å². The second kappa shape index (κ2) is 3.05. The van der Waals surface area contributed by atoms with Gasteiger partial charge in [-0.15, -0.1) is 0 Å². The molecule has 0 aromatic rings. The third-order valence-corrected chi connectivity index (χ3v) is 2.51. The zero-order valence-corrected chi connectivity index (χ0v) is 6.65. The first kappa shape index (κ1) is 7.60. The fourth-order valence-electron chi connectivity index (χ4n) is 0.906. The van der Waals surface area contributed by atoms with Crippen LogP contribution in [0.4, 0.5) is 0 Å². The van der Waals surface area contributed by atoms with Gasteiger partial charge in [0.25, 0.3) is 0 Å². The number of carboxylic acids is 1. The van der Waals surface area contributed by atoms with Gasteiger partial charge in [0.2, 0.25) is 11.6 Å². The second-order valence-corrected chi connectivity index (χ2v) is 3.47. The van der Waals surface area contributed by atoms with Crippen molar-refractivity contribution < 1.29 is 14.5 Å². The minimum atomic E-state index is -0.748. The van der Waals surface area contributed by atoms with Crippen LogP contribution in [0.2, 0.25) is 0 Å². The highest BCUT2D eigenvalue weighted by Gasteiger charge is 2.20. The van der Waals surface area contributed by atoms with E-state index in [9.17, 15) is 4.79 Å². The van der Waals surface area contributed by atoms with E-state index < -0.39 is 5.97 Å². The molecule has 0 fully saturated rings. The van der Waals surface area contributed by atoms with Gasteiger partial charge in [-0.3, -0.25) is 0 Å². The summed E-state index contributed by atoms with van der Waals surface area (Å²) in [6.07, 6.45) is 0. The molecule has 1 heterocycles. The molecule has 3 nitrogen and oxygen atoms in total. The number of hydrogen-bond acceptors (Lipinski definition) is 2. The van der Waals surface area contributed by atoms with Crippen LogP contribution in [-0.4, -0.2) is 39.5 Å². The Labute approximate surface area is 63.7 Å². The van der Waals surface area contributed by atoms with Gasteiger partial charge in [-0.2, -0.15) is 0 Å². The zero-order valence-electron chi connectivity index (χ0n) is 5.83. The van der Waals surface area contributed by atoms with Crippen LogP contribution in [0.5, 0.6) is 0 Å². The smallest absolute Gasteiger partial charge is 0.369 e. The Bertz CT molecular complexity index is 188. The highest BCUT2D eigenvalue weighted by atomic mass is 32.2. The fraction of sp³-hybridized carbons (Fsp3) is 0.667. The molecule has 10 heavy (non-hydrogen) atoms. The van der Waals surface area contributed by atoms with Crippen LogP contribution >= 0.6 is 11.8 Å². The average molecular weight is 160 g/mol. The van der Waals surface area contributed by atoms with E-state index in [2.05, 4.69) is 0 Å². The predicted octanol–water partition coefficient (Wildman–Crippen LogP) is 0.249. The number of rotatable bonds is 2. The van der Waals surface area contributed by atoms with E-state index in [1.807, 2.05) is 11.5 Å². The molecule has 4 heteroatoms. The standard InChI is InChI=1S/C6H9NO2S/c1-5-7(2-3-10-5)4-6(8)9/h2-4H2,1H3/p+1. The highest BCUT2D eigenvalue weighted by Crippen LogP contribution is 2.09. The first-order chi connectivity index (χ1) is 4.70. The molecule has 1 aliphatic heterocycles. The van der Waals surface area contributed by atoms with Crippen molar-refractivity contribution in [3.8, 4) is 0 Å². The normalized spacial score (nSPS) is 18.1. The molecule has 0 unspecified atom stereocenters. The summed E-state index contributed by atoms with van der Waals surface area (Å²) < 4.78 is 1.88. The van der Waals surface area contributed by atoms with Gasteiger partial charge in [0.1, 0.15) is 0 Å². The molecule has 1 aliphatic rings. The molecule has 0 aliphatic carbocycles. The Morgan fingerprint density at radius 3 is 3.00 bits per heavy atom. The topological polar surface area (TPSA) is 40.3 Å². The summed E-state index contributed by atoms with van der Waals surface area (Å²) in [5, 5.41) is 9.55. The van der Waals surface area contributed by atoms with E-state index in [-0.39, 0.29) is 6.54 Å². The van der Waals surface area contributed by atoms with Crippen LogP contribution in [0.25, 0.3) is 0 Å². The maximum Gasteiger partial charge on any atom is 0.369 e. The quantitative estimate of drug-likeness (QED) is 0.589. The van der Waals surface area contributed by atoms with Gasteiger partial charge in [0.05, 0.1) is 5.75 Å². The zero-order chi connectivity index (χ0) is 7.56. The van der Waals surface area contributed by atoms with Gasteiger partial charge < -0.3 is 5.11 Å². The van der Waals surface area contributed by atoms with E-state index in [0.29, 0.717) is 0 Å². The molecule has 0 aromatic heterocycles. The van der Waals surface area contributed by atoms with Crippen LogP contribution < -0.4 is 0 Å². The van der Waals surface area contributed by atoms with Crippen LogP contribution in [0, 0.1) is 0 Å². The van der Waals surface area contributed by atoms with E-state index in [1.54, 1.807) is 11.8 Å². The van der Waals surface area contributed by atoms with Gasteiger partial charge in [-0.25, -0.2) is 9.37 Å². The summed E-state index contributed by atoms with van der Waals surface area (Å²) in [5.41, 5.74) is 0. The number of carbonyl (C=O) groups is 1. The number of carboxylic acid groups (broad SMARTS) is 1. The molecular weight excluding hydrogens is 150 g/mol. The molecule has 0 radical (unpaired) electrons. The van der Waals surface area contributed by atoms with Gasteiger partial charge in [0.15, 0.2) is 6.54 Å². The van der Waals surface area contributed by atoms with Gasteiger partial charge in [-0.1, -0.05) is 11.8 Å². The molecule has 1 N–H and O–H groups in total. The molecular formula is C6H10NO2S+. The van der Waals surface area contributed by atoms with Crippen molar-refractivity contribution in [2.24, 2.45) is 0 Å². The maximum atomic E-state index is 10.2. The second-order valence-electron chi connectivity index (χ2n) is 2.18. The van der Waals surface area contributed by atoms with Gasteiger partial charge in [0, 0.05) is 6.92 Å².